The Bertz CT molecular complexity index is 1500. The number of benzene rings is 4. The van der Waals surface area contributed by atoms with Crippen molar-refractivity contribution >= 4 is 21.6 Å². The summed E-state index contributed by atoms with van der Waals surface area (Å²) in [5, 5.41) is 0. The second-order valence-electron chi connectivity index (χ2n) is 10.2. The van der Waals surface area contributed by atoms with Gasteiger partial charge in [-0.05, 0) is 54.4 Å². The Labute approximate surface area is 242 Å². The number of anilines is 1. The van der Waals surface area contributed by atoms with Gasteiger partial charge in [0, 0.05) is 33.2 Å². The first-order chi connectivity index (χ1) is 19.8. The Morgan fingerprint density at radius 3 is 1.85 bits per heavy atom. The summed E-state index contributed by atoms with van der Waals surface area (Å²) in [6.45, 7) is 4.61. The number of nitrogens with zero attached hydrogens (tertiary/aromatic N) is 3. The number of hydrogen-bond donors (Lipinski definition) is 0. The lowest BCUT2D eigenvalue weighted by Crippen LogP contribution is -2.51. The highest BCUT2D eigenvalue weighted by Crippen LogP contribution is 2.30. The van der Waals surface area contributed by atoms with E-state index in [0.29, 0.717) is 24.5 Å². The van der Waals surface area contributed by atoms with Crippen LogP contribution in [-0.4, -0.2) is 64.0 Å². The third kappa shape index (κ3) is 6.61. The maximum absolute atomic E-state index is 13.0. The largest absolute Gasteiger partial charge is 0.484 e. The molecule has 8 heteroatoms. The fourth-order valence-electron chi connectivity index (χ4n) is 5.11. The number of rotatable bonds is 9. The molecule has 0 aliphatic carbocycles. The Morgan fingerprint density at radius 2 is 1.32 bits per heavy atom. The van der Waals surface area contributed by atoms with E-state index in [1.165, 1.54) is 22.5 Å². The second kappa shape index (κ2) is 12.6. The predicted octanol–water partition coefficient (Wildman–Crippen LogP) is 5.13. The molecule has 4 aromatic rings. The summed E-state index contributed by atoms with van der Waals surface area (Å²) in [5.74, 6) is 0.443. The highest BCUT2D eigenvalue weighted by Gasteiger charge is 2.28. The molecule has 5 rings (SSSR count). The molecule has 1 aliphatic rings. The standard InChI is InChI=1S/C33H35N3O4S/c1-26-13-19-31(20-14-26)41(38,39)34(2)29-15-17-30(18-16-29)40-25-32(37)35-21-23-36(24-22-35)33(27-9-5-3-6-10-27)28-11-7-4-8-12-28/h3-20,33H,21-25H2,1-2H3. The second-order valence-corrected chi connectivity index (χ2v) is 12.2. The van der Waals surface area contributed by atoms with E-state index >= 15 is 0 Å². The molecule has 0 spiro atoms. The number of sulfonamides is 1. The lowest BCUT2D eigenvalue weighted by molar-refractivity contribution is -0.135. The van der Waals surface area contributed by atoms with Crippen LogP contribution in [0.3, 0.4) is 0 Å². The van der Waals surface area contributed by atoms with E-state index in [1.807, 2.05) is 24.0 Å². The molecular formula is C33H35N3O4S. The number of ether oxygens (including phenoxy) is 1. The van der Waals surface area contributed by atoms with Crippen molar-refractivity contribution in [2.24, 2.45) is 0 Å². The summed E-state index contributed by atoms with van der Waals surface area (Å²) in [7, 11) is -2.16. The molecule has 1 fully saturated rings. The van der Waals surface area contributed by atoms with Crippen molar-refractivity contribution in [1.82, 2.24) is 9.80 Å². The van der Waals surface area contributed by atoms with Crippen molar-refractivity contribution < 1.29 is 17.9 Å². The van der Waals surface area contributed by atoms with Crippen LogP contribution < -0.4 is 9.04 Å². The van der Waals surface area contributed by atoms with Crippen LogP contribution in [0.25, 0.3) is 0 Å². The maximum Gasteiger partial charge on any atom is 0.264 e. The van der Waals surface area contributed by atoms with Crippen molar-refractivity contribution in [3.8, 4) is 5.75 Å². The van der Waals surface area contributed by atoms with Crippen molar-refractivity contribution in [2.45, 2.75) is 17.9 Å². The highest BCUT2D eigenvalue weighted by atomic mass is 32.2. The van der Waals surface area contributed by atoms with Crippen molar-refractivity contribution in [2.75, 3.05) is 44.1 Å². The molecule has 41 heavy (non-hydrogen) atoms. The van der Waals surface area contributed by atoms with Crippen LogP contribution in [0.15, 0.2) is 114 Å². The number of carbonyl (C=O) groups excluding carboxylic acids is 1. The van der Waals surface area contributed by atoms with Gasteiger partial charge in [-0.1, -0.05) is 78.4 Å². The monoisotopic (exact) mass is 569 g/mol. The van der Waals surface area contributed by atoms with Crippen LogP contribution >= 0.6 is 0 Å². The molecule has 212 valence electrons. The molecule has 1 aliphatic heterocycles. The number of aryl methyl sites for hydroxylation is 1. The summed E-state index contributed by atoms with van der Waals surface area (Å²) in [6.07, 6.45) is 0. The van der Waals surface area contributed by atoms with Gasteiger partial charge in [-0.15, -0.1) is 0 Å². The number of piperazine rings is 1. The van der Waals surface area contributed by atoms with Gasteiger partial charge >= 0.3 is 0 Å². The van der Waals surface area contributed by atoms with E-state index in [4.69, 9.17) is 4.74 Å². The third-order valence-electron chi connectivity index (χ3n) is 7.50. The number of amides is 1. The molecule has 7 nitrogen and oxygen atoms in total. The normalized spacial score (nSPS) is 14.2. The Morgan fingerprint density at radius 1 is 0.780 bits per heavy atom. The van der Waals surface area contributed by atoms with Crippen LogP contribution in [0, 0.1) is 6.92 Å². The minimum Gasteiger partial charge on any atom is -0.484 e. The summed E-state index contributed by atoms with van der Waals surface area (Å²) in [5.41, 5.74) is 3.98. The van der Waals surface area contributed by atoms with Gasteiger partial charge in [-0.2, -0.15) is 0 Å². The van der Waals surface area contributed by atoms with E-state index in [9.17, 15) is 13.2 Å². The number of carbonyl (C=O) groups is 1. The highest BCUT2D eigenvalue weighted by molar-refractivity contribution is 7.92. The van der Waals surface area contributed by atoms with Gasteiger partial charge in [-0.3, -0.25) is 14.0 Å². The molecule has 1 saturated heterocycles. The van der Waals surface area contributed by atoms with E-state index < -0.39 is 10.0 Å². The first-order valence-electron chi connectivity index (χ1n) is 13.7. The van der Waals surface area contributed by atoms with Crippen LogP contribution in [0.5, 0.6) is 5.75 Å². The average molecular weight is 570 g/mol. The van der Waals surface area contributed by atoms with E-state index in [0.717, 1.165) is 18.7 Å². The van der Waals surface area contributed by atoms with E-state index in [-0.39, 0.29) is 23.5 Å². The molecule has 4 aromatic carbocycles. The first kappa shape index (κ1) is 28.4. The molecule has 0 bridgehead atoms. The minimum absolute atomic E-state index is 0.0660. The van der Waals surface area contributed by atoms with E-state index in [2.05, 4.69) is 53.4 Å². The molecule has 1 heterocycles. The molecule has 0 saturated carbocycles. The van der Waals surface area contributed by atoms with Gasteiger partial charge in [0.25, 0.3) is 15.9 Å². The Hall–Kier alpha value is -4.14. The smallest absolute Gasteiger partial charge is 0.264 e. The fraction of sp³-hybridized carbons (Fsp3) is 0.242. The molecule has 0 N–H and O–H groups in total. The van der Waals surface area contributed by atoms with Crippen LogP contribution in [0.2, 0.25) is 0 Å². The van der Waals surface area contributed by atoms with Gasteiger partial charge in [0.1, 0.15) is 5.75 Å². The molecule has 0 radical (unpaired) electrons. The quantitative estimate of drug-likeness (QED) is 0.280. The number of hydrogen-bond acceptors (Lipinski definition) is 5. The topological polar surface area (TPSA) is 70.2 Å². The summed E-state index contributed by atoms with van der Waals surface area (Å²) >= 11 is 0. The van der Waals surface area contributed by atoms with Gasteiger partial charge in [-0.25, -0.2) is 8.42 Å². The van der Waals surface area contributed by atoms with Gasteiger partial charge in [0.05, 0.1) is 16.6 Å². The zero-order valence-electron chi connectivity index (χ0n) is 23.4. The third-order valence-corrected chi connectivity index (χ3v) is 9.30. The van der Waals surface area contributed by atoms with Gasteiger partial charge in [0.2, 0.25) is 0 Å². The SMILES string of the molecule is Cc1ccc(S(=O)(=O)N(C)c2ccc(OCC(=O)N3CCN(C(c4ccccc4)c4ccccc4)CC3)cc2)cc1. The predicted molar refractivity (Wildman–Crippen MR) is 162 cm³/mol. The maximum atomic E-state index is 13.0. The zero-order valence-corrected chi connectivity index (χ0v) is 24.2. The summed E-state index contributed by atoms with van der Waals surface area (Å²) < 4.78 is 33.0. The lowest BCUT2D eigenvalue weighted by atomic mass is 9.96. The van der Waals surface area contributed by atoms with Gasteiger partial charge < -0.3 is 9.64 Å². The molecular weight excluding hydrogens is 534 g/mol. The fourth-order valence-corrected chi connectivity index (χ4v) is 6.31. The molecule has 0 aromatic heterocycles. The molecule has 0 unspecified atom stereocenters. The van der Waals surface area contributed by atoms with Crippen LogP contribution in [0.1, 0.15) is 22.7 Å². The van der Waals surface area contributed by atoms with Crippen LogP contribution in [-0.2, 0) is 14.8 Å². The summed E-state index contributed by atoms with van der Waals surface area (Å²) in [6, 6.07) is 34.6. The lowest BCUT2D eigenvalue weighted by Gasteiger charge is -2.39. The zero-order chi connectivity index (χ0) is 28.8. The summed E-state index contributed by atoms with van der Waals surface area (Å²) in [4.78, 5) is 17.5. The Balaban J connectivity index is 1.16. The Kier molecular flexibility index (Phi) is 8.71. The van der Waals surface area contributed by atoms with Gasteiger partial charge in [0.15, 0.2) is 6.61 Å². The van der Waals surface area contributed by atoms with E-state index in [1.54, 1.807) is 48.5 Å². The van der Waals surface area contributed by atoms with Crippen molar-refractivity contribution in [3.63, 3.8) is 0 Å². The van der Waals surface area contributed by atoms with Crippen molar-refractivity contribution in [3.05, 3.63) is 126 Å². The van der Waals surface area contributed by atoms with Crippen LogP contribution in [0.4, 0.5) is 5.69 Å². The molecule has 0 atom stereocenters. The molecule has 1 amide bonds. The van der Waals surface area contributed by atoms with Crippen molar-refractivity contribution in [1.29, 1.82) is 0 Å². The minimum atomic E-state index is -3.68. The first-order valence-corrected chi connectivity index (χ1v) is 15.2. The average Bonchev–Trinajstić information content (AvgIpc) is 3.01.